The Hall–Kier alpha value is -1.20. The van der Waals surface area contributed by atoms with Gasteiger partial charge in [-0.15, -0.1) is 11.3 Å². The first kappa shape index (κ1) is 14.2. The Bertz CT molecular complexity index is 597. The van der Waals surface area contributed by atoms with Crippen molar-refractivity contribution in [1.29, 1.82) is 0 Å². The number of carbonyl (C=O) groups is 1. The van der Waals surface area contributed by atoms with Crippen molar-refractivity contribution in [2.75, 3.05) is 0 Å². The second-order valence-electron chi connectivity index (χ2n) is 4.30. The Morgan fingerprint density at radius 1 is 1.37 bits per heavy atom. The maximum absolute atomic E-state index is 13.4. The highest BCUT2D eigenvalue weighted by atomic mass is 79.9. The molecule has 2 aromatic rings. The predicted octanol–water partition coefficient (Wildman–Crippen LogP) is 4.50. The lowest BCUT2D eigenvalue weighted by molar-refractivity contribution is -0.141. The predicted molar refractivity (Wildman–Crippen MR) is 77.1 cm³/mol. The van der Waals surface area contributed by atoms with Crippen molar-refractivity contribution in [3.63, 3.8) is 0 Å². The van der Waals surface area contributed by atoms with E-state index in [1.807, 2.05) is 12.1 Å². The van der Waals surface area contributed by atoms with Crippen molar-refractivity contribution in [3.8, 4) is 0 Å². The monoisotopic (exact) mass is 342 g/mol. The smallest absolute Gasteiger partial charge is 0.307 e. The fraction of sp³-hybridized carbons (Fsp3) is 0.214. The zero-order valence-electron chi connectivity index (χ0n) is 10.1. The fourth-order valence-electron chi connectivity index (χ4n) is 2.04. The molecule has 0 aliphatic heterocycles. The van der Waals surface area contributed by atoms with Gasteiger partial charge in [0.1, 0.15) is 5.82 Å². The van der Waals surface area contributed by atoms with E-state index in [-0.39, 0.29) is 11.7 Å². The lowest BCUT2D eigenvalue weighted by Gasteiger charge is -2.20. The van der Waals surface area contributed by atoms with Crippen LogP contribution in [0.25, 0.3) is 0 Å². The highest BCUT2D eigenvalue weighted by molar-refractivity contribution is 9.11. The fourth-order valence-corrected chi connectivity index (χ4v) is 3.69. The highest BCUT2D eigenvalue weighted by Gasteiger charge is 2.28. The molecule has 2 rings (SSSR count). The third kappa shape index (κ3) is 3.22. The minimum atomic E-state index is -0.890. The number of hydrogen-bond donors (Lipinski definition) is 1. The largest absolute Gasteiger partial charge is 0.481 e. The summed E-state index contributed by atoms with van der Waals surface area (Å²) in [5.74, 6) is -2.20. The van der Waals surface area contributed by atoms with Crippen molar-refractivity contribution in [2.45, 2.75) is 12.8 Å². The zero-order valence-corrected chi connectivity index (χ0v) is 12.5. The zero-order chi connectivity index (χ0) is 14.0. The van der Waals surface area contributed by atoms with Crippen LogP contribution in [0.5, 0.6) is 0 Å². The third-order valence-electron chi connectivity index (χ3n) is 3.00. The van der Waals surface area contributed by atoms with E-state index in [4.69, 9.17) is 0 Å². The van der Waals surface area contributed by atoms with Gasteiger partial charge in [-0.2, -0.15) is 0 Å². The topological polar surface area (TPSA) is 37.3 Å². The quantitative estimate of drug-likeness (QED) is 0.887. The summed E-state index contributed by atoms with van der Waals surface area (Å²) in [6.45, 7) is 1.64. The lowest BCUT2D eigenvalue weighted by atomic mass is 9.86. The lowest BCUT2D eigenvalue weighted by Crippen LogP contribution is -2.19. The maximum Gasteiger partial charge on any atom is 0.307 e. The van der Waals surface area contributed by atoms with E-state index >= 15 is 0 Å². The van der Waals surface area contributed by atoms with E-state index in [9.17, 15) is 14.3 Å². The molecular weight excluding hydrogens is 331 g/mol. The van der Waals surface area contributed by atoms with Gasteiger partial charge in [0.2, 0.25) is 0 Å². The van der Waals surface area contributed by atoms with Crippen LogP contribution in [0.4, 0.5) is 4.39 Å². The molecule has 100 valence electrons. The molecule has 0 bridgehead atoms. The van der Waals surface area contributed by atoms with Gasteiger partial charge in [-0.3, -0.25) is 4.79 Å². The van der Waals surface area contributed by atoms with Crippen LogP contribution < -0.4 is 0 Å². The van der Waals surface area contributed by atoms with E-state index < -0.39 is 11.9 Å². The van der Waals surface area contributed by atoms with Crippen molar-refractivity contribution in [3.05, 3.63) is 56.4 Å². The average molecular weight is 343 g/mol. The number of benzene rings is 1. The Kier molecular flexibility index (Phi) is 4.37. The number of thiophene rings is 1. The molecule has 1 aromatic heterocycles. The second kappa shape index (κ2) is 5.84. The molecule has 2 nitrogen and oxygen atoms in total. The van der Waals surface area contributed by atoms with Crippen molar-refractivity contribution < 1.29 is 14.3 Å². The van der Waals surface area contributed by atoms with Gasteiger partial charge in [-0.05, 0) is 45.8 Å². The van der Waals surface area contributed by atoms with E-state index in [2.05, 4.69) is 15.9 Å². The molecule has 5 heteroatoms. The number of halogens is 2. The van der Waals surface area contributed by atoms with Gasteiger partial charge >= 0.3 is 5.97 Å². The maximum atomic E-state index is 13.4. The van der Waals surface area contributed by atoms with Crippen LogP contribution in [0.15, 0.2) is 40.2 Å². The van der Waals surface area contributed by atoms with E-state index in [1.165, 1.54) is 23.5 Å². The van der Waals surface area contributed by atoms with Gasteiger partial charge < -0.3 is 5.11 Å². The van der Waals surface area contributed by atoms with Crippen molar-refractivity contribution >= 4 is 33.2 Å². The standard InChI is InChI=1S/C14H12BrFO2S/c1-8(14(17)18)13(11-5-6-12(15)19-11)9-3-2-4-10(16)7-9/h2-8,13H,1H3,(H,17,18)/t8-,13-/m1/s1. The molecule has 0 amide bonds. The number of hydrogen-bond acceptors (Lipinski definition) is 2. The van der Waals surface area contributed by atoms with Gasteiger partial charge in [0.15, 0.2) is 0 Å². The molecule has 0 spiro atoms. The van der Waals surface area contributed by atoms with E-state index in [0.29, 0.717) is 5.56 Å². The van der Waals surface area contributed by atoms with Crippen LogP contribution in [0.2, 0.25) is 0 Å². The van der Waals surface area contributed by atoms with Gasteiger partial charge in [-0.25, -0.2) is 4.39 Å². The molecule has 0 radical (unpaired) electrons. The normalized spacial score (nSPS) is 14.1. The van der Waals surface area contributed by atoms with E-state index in [1.54, 1.807) is 19.1 Å². The van der Waals surface area contributed by atoms with Crippen LogP contribution in [-0.4, -0.2) is 11.1 Å². The summed E-state index contributed by atoms with van der Waals surface area (Å²) in [6, 6.07) is 9.88. The summed E-state index contributed by atoms with van der Waals surface area (Å²) in [4.78, 5) is 12.2. The van der Waals surface area contributed by atoms with Gasteiger partial charge in [-0.1, -0.05) is 19.1 Å². The third-order valence-corrected chi connectivity index (χ3v) is 4.70. The number of carboxylic acid groups (broad SMARTS) is 1. The molecule has 2 atom stereocenters. The summed E-state index contributed by atoms with van der Waals surface area (Å²) in [5, 5.41) is 9.25. The number of rotatable bonds is 4. The van der Waals surface area contributed by atoms with E-state index in [0.717, 1.165) is 8.66 Å². The molecule has 0 unspecified atom stereocenters. The SMILES string of the molecule is C[C@@H](C(=O)O)[C@H](c1cccc(F)c1)c1ccc(Br)s1. The molecule has 1 aromatic carbocycles. The Morgan fingerprint density at radius 3 is 2.63 bits per heavy atom. The van der Waals surface area contributed by atoms with Crippen LogP contribution >= 0.6 is 27.3 Å². The minimum Gasteiger partial charge on any atom is -0.481 e. The van der Waals surface area contributed by atoms with Gasteiger partial charge in [0, 0.05) is 10.8 Å². The van der Waals surface area contributed by atoms with Crippen LogP contribution in [0.3, 0.4) is 0 Å². The molecular formula is C14H12BrFO2S. The van der Waals surface area contributed by atoms with Crippen LogP contribution in [-0.2, 0) is 4.79 Å². The first-order valence-electron chi connectivity index (χ1n) is 5.72. The Balaban J connectivity index is 2.48. The minimum absolute atomic E-state index is 0.343. The molecule has 19 heavy (non-hydrogen) atoms. The van der Waals surface area contributed by atoms with Crippen molar-refractivity contribution in [2.24, 2.45) is 5.92 Å². The molecule has 0 aliphatic carbocycles. The first-order chi connectivity index (χ1) is 8.99. The molecule has 1 N–H and O–H groups in total. The summed E-state index contributed by atoms with van der Waals surface area (Å²) in [6.07, 6.45) is 0. The Labute approximate surface area is 123 Å². The van der Waals surface area contributed by atoms with Gasteiger partial charge in [0.25, 0.3) is 0 Å². The second-order valence-corrected chi connectivity index (χ2v) is 6.80. The Morgan fingerprint density at radius 2 is 2.11 bits per heavy atom. The summed E-state index contributed by atoms with van der Waals surface area (Å²) in [5.41, 5.74) is 0.684. The first-order valence-corrected chi connectivity index (χ1v) is 7.33. The van der Waals surface area contributed by atoms with Crippen LogP contribution in [0.1, 0.15) is 23.3 Å². The molecule has 0 aliphatic rings. The van der Waals surface area contributed by atoms with Gasteiger partial charge in [0.05, 0.1) is 9.70 Å². The molecule has 0 fully saturated rings. The highest BCUT2D eigenvalue weighted by Crippen LogP contribution is 2.38. The summed E-state index contributed by atoms with van der Waals surface area (Å²) < 4.78 is 14.3. The summed E-state index contributed by atoms with van der Waals surface area (Å²) >= 11 is 4.84. The van der Waals surface area contributed by atoms with Crippen LogP contribution in [0, 0.1) is 11.7 Å². The molecule has 0 saturated heterocycles. The molecule has 1 heterocycles. The average Bonchev–Trinajstić information content (AvgIpc) is 2.76. The van der Waals surface area contributed by atoms with Crippen molar-refractivity contribution in [1.82, 2.24) is 0 Å². The molecule has 0 saturated carbocycles. The number of aliphatic carboxylic acids is 1. The summed E-state index contributed by atoms with van der Waals surface area (Å²) in [7, 11) is 0. The number of carboxylic acids is 1.